The lowest BCUT2D eigenvalue weighted by molar-refractivity contribution is -0.160. The summed E-state index contributed by atoms with van der Waals surface area (Å²) in [7, 11) is 0. The summed E-state index contributed by atoms with van der Waals surface area (Å²) in [5, 5.41) is 37.9. The van der Waals surface area contributed by atoms with Gasteiger partial charge in [0.2, 0.25) is 0 Å². The van der Waals surface area contributed by atoms with Crippen LogP contribution in [0.5, 0.6) is 11.5 Å². The number of hydrogen-bond acceptors (Lipinski definition) is 22. The molecule has 2 unspecified atom stereocenters. The molecule has 0 radical (unpaired) electrons. The zero-order valence-corrected chi connectivity index (χ0v) is 57.2. The molecule has 2 aliphatic heterocycles. The van der Waals surface area contributed by atoms with E-state index < -0.39 is 52.3 Å². The molecule has 2 aromatic rings. The summed E-state index contributed by atoms with van der Waals surface area (Å²) >= 11 is 0. The number of carboxylic acid groups (broad SMARTS) is 4. The Morgan fingerprint density at radius 2 is 0.587 bits per heavy atom. The van der Waals surface area contributed by atoms with E-state index in [0.717, 1.165) is 16.9 Å². The highest BCUT2D eigenvalue weighted by Gasteiger charge is 2.33. The third kappa shape index (κ3) is 36.1. The molecular weight excluding hydrogens is 1190 g/mol. The van der Waals surface area contributed by atoms with Crippen molar-refractivity contribution in [3.63, 3.8) is 0 Å². The lowest BCUT2D eigenvalue weighted by Crippen LogP contribution is -2.54. The molecule has 0 spiro atoms. The SMILES string of the molecule is CCOc1ccc(CC2CN(CC(=O)O)CCN(CC(=O)O)CCN(CC(=O)O)CCN2CC(=O)O)cc1.CCOc1ccc(CC2CN(CC(=O)OC(C)(C)C)CCN(CC(=O)OC(C)(C)C)CCN(CC(=O)OC(C)(C)C)CCN2CC(=O)OC(C)(C)C)cc1. The fourth-order valence-electron chi connectivity index (χ4n) is 10.5. The first-order valence-corrected chi connectivity index (χ1v) is 31.8. The van der Waals surface area contributed by atoms with Crippen molar-refractivity contribution in [2.75, 3.05) is 157 Å². The molecule has 0 saturated carbocycles. The van der Waals surface area contributed by atoms with Crippen LogP contribution >= 0.6 is 0 Å². The topological polar surface area (TPSA) is 299 Å². The van der Waals surface area contributed by atoms with E-state index in [4.69, 9.17) is 28.4 Å². The number of nitrogens with zero attached hydrogens (tertiary/aromatic N) is 8. The number of aliphatic carboxylic acids is 4. The Labute approximate surface area is 544 Å². The van der Waals surface area contributed by atoms with Crippen LogP contribution in [0.4, 0.5) is 0 Å². The molecule has 0 amide bonds. The van der Waals surface area contributed by atoms with Gasteiger partial charge in [0.15, 0.2) is 0 Å². The molecule has 2 saturated heterocycles. The molecule has 92 heavy (non-hydrogen) atoms. The average Bonchev–Trinajstić information content (AvgIpc) is 0.895. The van der Waals surface area contributed by atoms with Gasteiger partial charge in [0.1, 0.15) is 33.9 Å². The Kier molecular flexibility index (Phi) is 33.5. The zero-order chi connectivity index (χ0) is 69.0. The second-order valence-electron chi connectivity index (χ2n) is 27.3. The van der Waals surface area contributed by atoms with Gasteiger partial charge in [0.25, 0.3) is 0 Å². The van der Waals surface area contributed by atoms with Crippen molar-refractivity contribution in [3.8, 4) is 11.5 Å². The van der Waals surface area contributed by atoms with E-state index in [-0.39, 0.29) is 128 Å². The first-order chi connectivity index (χ1) is 42.8. The van der Waals surface area contributed by atoms with Crippen molar-refractivity contribution in [3.05, 3.63) is 59.7 Å². The molecule has 520 valence electrons. The van der Waals surface area contributed by atoms with Gasteiger partial charge < -0.3 is 48.8 Å². The second-order valence-corrected chi connectivity index (χ2v) is 27.3. The third-order valence-electron chi connectivity index (χ3n) is 14.2. The van der Waals surface area contributed by atoms with Gasteiger partial charge in [-0.3, -0.25) is 77.6 Å². The van der Waals surface area contributed by atoms with E-state index in [9.17, 15) is 58.8 Å². The van der Waals surface area contributed by atoms with Crippen LogP contribution in [0.15, 0.2) is 48.5 Å². The first kappa shape index (κ1) is 79.7. The van der Waals surface area contributed by atoms with Crippen LogP contribution in [-0.4, -0.2) is 299 Å². The number of carboxylic acids is 4. The fraction of sp³-hybridized carbons (Fsp3) is 0.697. The number of esters is 4. The fourth-order valence-corrected chi connectivity index (χ4v) is 10.5. The van der Waals surface area contributed by atoms with Gasteiger partial charge >= 0.3 is 47.8 Å². The minimum absolute atomic E-state index is 0.00426. The molecular formula is C66H108N8O18. The molecule has 2 aromatic carbocycles. The maximum atomic E-state index is 13.5. The number of benzene rings is 2. The third-order valence-corrected chi connectivity index (χ3v) is 14.2. The van der Waals surface area contributed by atoms with Crippen molar-refractivity contribution >= 4 is 47.8 Å². The van der Waals surface area contributed by atoms with E-state index >= 15 is 0 Å². The van der Waals surface area contributed by atoms with Crippen LogP contribution in [0.25, 0.3) is 0 Å². The van der Waals surface area contributed by atoms with E-state index in [2.05, 4.69) is 4.90 Å². The average molecular weight is 1300 g/mol. The van der Waals surface area contributed by atoms with Crippen LogP contribution in [-0.2, 0) is 70.1 Å². The smallest absolute Gasteiger partial charge is 0.320 e. The maximum absolute atomic E-state index is 13.5. The van der Waals surface area contributed by atoms with E-state index in [1.54, 1.807) is 19.6 Å². The van der Waals surface area contributed by atoms with Crippen LogP contribution in [0.2, 0.25) is 0 Å². The van der Waals surface area contributed by atoms with Crippen LogP contribution < -0.4 is 9.47 Å². The van der Waals surface area contributed by atoms with Gasteiger partial charge in [-0.05, 0) is 145 Å². The molecule has 0 aliphatic carbocycles. The standard InChI is InChI=1S/C41H70N4O9.C25H38N4O9/c1-14-50-33-17-15-31(16-18-33)25-32-26-44(29-36(48)53-40(8,9)10)22-21-42(27-34(46)51-38(2,3)4)19-20-43(28-35(47)52-39(5,6)7)23-24-45(32)30-37(49)54-41(11,12)13;1-2-38-21-5-3-19(4-6-21)13-20-14-28(17-24(34)35)10-9-26(15-22(30)31)7-8-27(16-23(32)33)11-12-29(20)18-25(36)37/h15-18,32H,14,19-30H2,1-13H3;3-6,20H,2,7-18H2,1H3,(H,30,31)(H,32,33)(H,34,35)(H,36,37). The summed E-state index contributed by atoms with van der Waals surface area (Å²) < 4.78 is 34.1. The normalized spacial score (nSPS) is 18.6. The van der Waals surface area contributed by atoms with Gasteiger partial charge in [-0.25, -0.2) is 0 Å². The van der Waals surface area contributed by atoms with E-state index in [0.29, 0.717) is 77.6 Å². The highest BCUT2D eigenvalue weighted by Crippen LogP contribution is 2.21. The Balaban J connectivity index is 0.000000510. The summed E-state index contributed by atoms with van der Waals surface area (Å²) in [5.74, 6) is -4.14. The van der Waals surface area contributed by atoms with Gasteiger partial charge in [-0.15, -0.1) is 0 Å². The summed E-state index contributed by atoms with van der Waals surface area (Å²) in [6.07, 6.45) is 0.973. The predicted octanol–water partition coefficient (Wildman–Crippen LogP) is 4.14. The summed E-state index contributed by atoms with van der Waals surface area (Å²) in [6.45, 7) is 30.7. The summed E-state index contributed by atoms with van der Waals surface area (Å²) in [5.41, 5.74) is -0.729. The lowest BCUT2D eigenvalue weighted by Gasteiger charge is -2.38. The van der Waals surface area contributed by atoms with Crippen molar-refractivity contribution in [1.82, 2.24) is 39.2 Å². The highest BCUT2D eigenvalue weighted by atomic mass is 16.6. The first-order valence-electron chi connectivity index (χ1n) is 31.8. The molecule has 4 rings (SSSR count). The number of ether oxygens (including phenoxy) is 6. The van der Waals surface area contributed by atoms with Gasteiger partial charge in [0.05, 0.1) is 65.6 Å². The van der Waals surface area contributed by atoms with Crippen LogP contribution in [0.3, 0.4) is 0 Å². The highest BCUT2D eigenvalue weighted by molar-refractivity contribution is 5.74. The molecule has 4 N–H and O–H groups in total. The number of hydrogen-bond donors (Lipinski definition) is 4. The maximum Gasteiger partial charge on any atom is 0.320 e. The number of carbonyl (C=O) groups is 8. The van der Waals surface area contributed by atoms with Crippen molar-refractivity contribution in [2.24, 2.45) is 0 Å². The van der Waals surface area contributed by atoms with Crippen molar-refractivity contribution in [2.45, 2.75) is 144 Å². The molecule has 2 fully saturated rings. The molecule has 26 nitrogen and oxygen atoms in total. The van der Waals surface area contributed by atoms with E-state index in [1.807, 2.05) is 160 Å². The quantitative estimate of drug-likeness (QED) is 0.0848. The number of rotatable bonds is 24. The van der Waals surface area contributed by atoms with Crippen LogP contribution in [0, 0.1) is 0 Å². The Bertz CT molecular complexity index is 2620. The number of carbonyl (C=O) groups excluding carboxylic acids is 4. The van der Waals surface area contributed by atoms with E-state index in [1.165, 1.54) is 0 Å². The minimum atomic E-state index is -1.05. The van der Waals surface area contributed by atoms with Gasteiger partial charge in [-0.2, -0.15) is 0 Å². The second kappa shape index (κ2) is 38.6. The summed E-state index contributed by atoms with van der Waals surface area (Å²) in [6, 6.07) is 14.6. The van der Waals surface area contributed by atoms with Gasteiger partial charge in [0, 0.05) is 104 Å². The summed E-state index contributed by atoms with van der Waals surface area (Å²) in [4.78, 5) is 114. The Morgan fingerprint density at radius 1 is 0.348 bits per heavy atom. The Morgan fingerprint density at radius 3 is 0.880 bits per heavy atom. The van der Waals surface area contributed by atoms with Crippen molar-refractivity contribution in [1.29, 1.82) is 0 Å². The Hall–Kier alpha value is -6.52. The molecule has 26 heteroatoms. The molecule has 2 heterocycles. The lowest BCUT2D eigenvalue weighted by atomic mass is 10.0. The van der Waals surface area contributed by atoms with Crippen molar-refractivity contribution < 1.29 is 87.2 Å². The molecule has 2 aliphatic rings. The van der Waals surface area contributed by atoms with Gasteiger partial charge in [-0.1, -0.05) is 24.3 Å². The molecule has 0 aromatic heterocycles. The minimum Gasteiger partial charge on any atom is -0.494 e. The monoisotopic (exact) mass is 1300 g/mol. The zero-order valence-electron chi connectivity index (χ0n) is 57.2. The molecule has 0 bridgehead atoms. The largest absolute Gasteiger partial charge is 0.494 e. The molecule has 2 atom stereocenters. The predicted molar refractivity (Wildman–Crippen MR) is 346 cm³/mol. The van der Waals surface area contributed by atoms with Crippen LogP contribution in [0.1, 0.15) is 108 Å².